The molecule has 0 amide bonds. The molecule has 4 nitrogen and oxygen atoms in total. The van der Waals surface area contributed by atoms with E-state index < -0.39 is 11.9 Å². The van der Waals surface area contributed by atoms with Gasteiger partial charge in [-0.05, 0) is 29.5 Å². The lowest BCUT2D eigenvalue weighted by atomic mass is 9.94. The number of carbonyl (C=O) groups is 2. The Morgan fingerprint density at radius 2 is 1.77 bits per heavy atom. The van der Waals surface area contributed by atoms with E-state index in [2.05, 4.69) is 0 Å². The van der Waals surface area contributed by atoms with Crippen LogP contribution in [0.2, 0.25) is 0 Å². The molecule has 1 aromatic heterocycles. The molecule has 0 bridgehead atoms. The highest BCUT2D eigenvalue weighted by Gasteiger charge is 2.23. The van der Waals surface area contributed by atoms with Crippen LogP contribution in [0, 0.1) is 11.8 Å². The van der Waals surface area contributed by atoms with Crippen LogP contribution >= 0.6 is 0 Å². The fraction of sp³-hybridized carbons (Fsp3) is 0.333. The number of hydrogen-bond donors (Lipinski definition) is 1. The zero-order chi connectivity index (χ0) is 16.1. The molecule has 4 heteroatoms. The minimum atomic E-state index is -0.905. The van der Waals surface area contributed by atoms with Gasteiger partial charge in [0.25, 0.3) is 0 Å². The van der Waals surface area contributed by atoms with Crippen LogP contribution in [-0.4, -0.2) is 21.6 Å². The molecule has 0 aliphatic carbocycles. The number of carbonyl (C=O) groups excluding carboxylic acids is 1. The Morgan fingerprint density at radius 3 is 2.36 bits per heavy atom. The molecule has 1 N–H and O–H groups in total. The summed E-state index contributed by atoms with van der Waals surface area (Å²) in [5.74, 6) is -1.47. The van der Waals surface area contributed by atoms with E-state index in [0.717, 1.165) is 11.1 Å². The van der Waals surface area contributed by atoms with E-state index in [1.54, 1.807) is 12.4 Å². The minimum absolute atomic E-state index is 0.0242. The molecule has 0 fully saturated rings. The molecule has 116 valence electrons. The summed E-state index contributed by atoms with van der Waals surface area (Å²) in [7, 11) is 0. The summed E-state index contributed by atoms with van der Waals surface area (Å²) in [5.41, 5.74) is 1.98. The number of aromatic nitrogens is 1. The number of aliphatic carboxylic acids is 1. The normalized spacial score (nSPS) is 12.3. The molecule has 0 spiro atoms. The van der Waals surface area contributed by atoms with Crippen molar-refractivity contribution in [1.82, 2.24) is 4.57 Å². The highest BCUT2D eigenvalue weighted by molar-refractivity contribution is 5.85. The van der Waals surface area contributed by atoms with Crippen molar-refractivity contribution in [2.75, 3.05) is 0 Å². The predicted molar refractivity (Wildman–Crippen MR) is 85.7 cm³/mol. The van der Waals surface area contributed by atoms with Gasteiger partial charge in [-0.2, -0.15) is 0 Å². The topological polar surface area (TPSA) is 59.3 Å². The molecule has 1 aromatic carbocycles. The molecule has 22 heavy (non-hydrogen) atoms. The molecular formula is C18H21NO3. The first-order valence-electron chi connectivity index (χ1n) is 7.46. The van der Waals surface area contributed by atoms with Crippen LogP contribution in [0.15, 0.2) is 48.8 Å². The molecular weight excluding hydrogens is 278 g/mol. The average Bonchev–Trinajstić information content (AvgIpc) is 2.96. The van der Waals surface area contributed by atoms with Crippen LogP contribution in [0.25, 0.3) is 11.1 Å². The summed E-state index contributed by atoms with van der Waals surface area (Å²) in [6.45, 7) is 3.92. The fourth-order valence-corrected chi connectivity index (χ4v) is 2.51. The lowest BCUT2D eigenvalue weighted by molar-refractivity contribution is -0.142. The summed E-state index contributed by atoms with van der Waals surface area (Å²) in [4.78, 5) is 23.6. The van der Waals surface area contributed by atoms with Gasteiger partial charge in [0, 0.05) is 18.8 Å². The van der Waals surface area contributed by atoms with Gasteiger partial charge in [0.05, 0.1) is 5.92 Å². The Labute approximate surface area is 130 Å². The second-order valence-electron chi connectivity index (χ2n) is 5.94. The van der Waals surface area contributed by atoms with E-state index in [-0.39, 0.29) is 18.2 Å². The highest BCUT2D eigenvalue weighted by Crippen LogP contribution is 2.21. The highest BCUT2D eigenvalue weighted by atomic mass is 16.4. The maximum Gasteiger partial charge on any atom is 0.307 e. The van der Waals surface area contributed by atoms with Crippen molar-refractivity contribution in [1.29, 1.82) is 0 Å². The molecule has 0 radical (unpaired) electrons. The van der Waals surface area contributed by atoms with Crippen molar-refractivity contribution >= 4 is 11.9 Å². The SMILES string of the molecule is CC(C)CC(CC(=O)n1ccc(-c2ccccc2)c1)C(=O)O. The summed E-state index contributed by atoms with van der Waals surface area (Å²) in [5, 5.41) is 9.24. The number of carboxylic acid groups (broad SMARTS) is 1. The molecule has 0 saturated carbocycles. The maximum absolute atomic E-state index is 12.3. The Morgan fingerprint density at radius 1 is 1.09 bits per heavy atom. The Bertz CT molecular complexity index is 643. The third-order valence-electron chi connectivity index (χ3n) is 3.61. The van der Waals surface area contributed by atoms with Gasteiger partial charge < -0.3 is 5.11 Å². The first kappa shape index (κ1) is 16.0. The third kappa shape index (κ3) is 4.07. The van der Waals surface area contributed by atoms with Crippen molar-refractivity contribution in [3.05, 3.63) is 48.8 Å². The Balaban J connectivity index is 2.10. The van der Waals surface area contributed by atoms with Crippen LogP contribution in [0.3, 0.4) is 0 Å². The minimum Gasteiger partial charge on any atom is -0.481 e. The van der Waals surface area contributed by atoms with Gasteiger partial charge in [-0.25, -0.2) is 0 Å². The van der Waals surface area contributed by atoms with E-state index in [9.17, 15) is 14.7 Å². The number of benzene rings is 1. The van der Waals surface area contributed by atoms with Gasteiger partial charge in [-0.15, -0.1) is 0 Å². The molecule has 1 atom stereocenters. The van der Waals surface area contributed by atoms with E-state index in [1.165, 1.54) is 4.57 Å². The second kappa shape index (κ2) is 7.07. The van der Waals surface area contributed by atoms with Gasteiger partial charge >= 0.3 is 5.97 Å². The number of nitrogens with zero attached hydrogens (tertiary/aromatic N) is 1. The van der Waals surface area contributed by atoms with Crippen LogP contribution in [0.4, 0.5) is 0 Å². The predicted octanol–water partition coefficient (Wildman–Crippen LogP) is 3.93. The van der Waals surface area contributed by atoms with E-state index in [4.69, 9.17) is 0 Å². The van der Waals surface area contributed by atoms with E-state index in [1.807, 2.05) is 50.2 Å². The van der Waals surface area contributed by atoms with Gasteiger partial charge in [0.15, 0.2) is 0 Å². The first-order valence-corrected chi connectivity index (χ1v) is 7.46. The standard InChI is InChI=1S/C18H21NO3/c1-13(2)10-16(18(21)22)11-17(20)19-9-8-15(12-19)14-6-4-3-5-7-14/h3-9,12-13,16H,10-11H2,1-2H3,(H,21,22). The van der Waals surface area contributed by atoms with Gasteiger partial charge in [-0.1, -0.05) is 44.2 Å². The third-order valence-corrected chi connectivity index (χ3v) is 3.61. The lowest BCUT2D eigenvalue weighted by Crippen LogP contribution is -2.22. The Hall–Kier alpha value is -2.36. The van der Waals surface area contributed by atoms with Gasteiger partial charge in [-0.3, -0.25) is 14.2 Å². The first-order chi connectivity index (χ1) is 10.5. The van der Waals surface area contributed by atoms with Gasteiger partial charge in [0.1, 0.15) is 0 Å². The summed E-state index contributed by atoms with van der Waals surface area (Å²) >= 11 is 0. The summed E-state index contributed by atoms with van der Waals surface area (Å²) in [6, 6.07) is 11.6. The summed E-state index contributed by atoms with van der Waals surface area (Å²) in [6.07, 6.45) is 3.98. The van der Waals surface area contributed by atoms with Crippen molar-refractivity contribution in [3.8, 4) is 11.1 Å². The molecule has 1 heterocycles. The average molecular weight is 299 g/mol. The fourth-order valence-electron chi connectivity index (χ4n) is 2.51. The number of carboxylic acids is 1. The largest absolute Gasteiger partial charge is 0.481 e. The molecule has 0 aliphatic rings. The number of rotatable bonds is 6. The summed E-state index contributed by atoms with van der Waals surface area (Å²) < 4.78 is 1.48. The lowest BCUT2D eigenvalue weighted by Gasteiger charge is -2.13. The zero-order valence-corrected chi connectivity index (χ0v) is 12.9. The number of hydrogen-bond acceptors (Lipinski definition) is 2. The van der Waals surface area contributed by atoms with Crippen molar-refractivity contribution in [3.63, 3.8) is 0 Å². The monoisotopic (exact) mass is 299 g/mol. The van der Waals surface area contributed by atoms with Crippen molar-refractivity contribution in [2.45, 2.75) is 26.7 Å². The van der Waals surface area contributed by atoms with Crippen LogP contribution < -0.4 is 0 Å². The zero-order valence-electron chi connectivity index (χ0n) is 12.9. The van der Waals surface area contributed by atoms with Gasteiger partial charge in [0.2, 0.25) is 5.91 Å². The van der Waals surface area contributed by atoms with E-state index in [0.29, 0.717) is 6.42 Å². The van der Waals surface area contributed by atoms with Crippen molar-refractivity contribution < 1.29 is 14.7 Å². The molecule has 1 unspecified atom stereocenters. The molecule has 2 aromatic rings. The molecule has 0 saturated heterocycles. The molecule has 0 aliphatic heterocycles. The van der Waals surface area contributed by atoms with Crippen LogP contribution in [0.1, 0.15) is 31.5 Å². The maximum atomic E-state index is 12.3. The van der Waals surface area contributed by atoms with Crippen molar-refractivity contribution in [2.24, 2.45) is 11.8 Å². The quantitative estimate of drug-likeness (QED) is 0.879. The van der Waals surface area contributed by atoms with Crippen LogP contribution in [0.5, 0.6) is 0 Å². The second-order valence-corrected chi connectivity index (χ2v) is 5.94. The smallest absolute Gasteiger partial charge is 0.307 e. The molecule has 2 rings (SSSR count). The van der Waals surface area contributed by atoms with E-state index >= 15 is 0 Å². The van der Waals surface area contributed by atoms with Crippen LogP contribution in [-0.2, 0) is 4.79 Å². The Kier molecular flexibility index (Phi) is 5.15.